The highest BCUT2D eigenvalue weighted by atomic mass is 35.5. The number of hydrogen-bond donors (Lipinski definition) is 0. The summed E-state index contributed by atoms with van der Waals surface area (Å²) in [5, 5.41) is 11.7. The van der Waals surface area contributed by atoms with Crippen molar-refractivity contribution >= 4 is 28.9 Å². The van der Waals surface area contributed by atoms with Gasteiger partial charge in [0.2, 0.25) is 5.75 Å². The number of hydrogen-bond acceptors (Lipinski definition) is 4. The SMILES string of the molecule is COc1ccc(Oc2ccc(Cl)c(Cl)c2)c([N+](=O)[O-])c1. The minimum absolute atomic E-state index is 0.0918. The van der Waals surface area contributed by atoms with Crippen molar-refractivity contribution in [1.82, 2.24) is 0 Å². The Morgan fingerprint density at radius 2 is 1.75 bits per heavy atom. The first-order chi connectivity index (χ1) is 9.51. The topological polar surface area (TPSA) is 61.6 Å². The zero-order chi connectivity index (χ0) is 14.7. The molecule has 20 heavy (non-hydrogen) atoms. The molecule has 2 aromatic rings. The maximum atomic E-state index is 11.0. The summed E-state index contributed by atoms with van der Waals surface area (Å²) in [5.41, 5.74) is -0.199. The van der Waals surface area contributed by atoms with E-state index in [0.29, 0.717) is 21.5 Å². The molecule has 0 spiro atoms. The summed E-state index contributed by atoms with van der Waals surface area (Å²) in [6.07, 6.45) is 0. The van der Waals surface area contributed by atoms with E-state index in [-0.39, 0.29) is 11.4 Å². The number of nitro groups is 1. The van der Waals surface area contributed by atoms with E-state index in [1.54, 1.807) is 18.2 Å². The maximum absolute atomic E-state index is 11.0. The molecule has 0 fully saturated rings. The number of benzene rings is 2. The van der Waals surface area contributed by atoms with Gasteiger partial charge in [-0.05, 0) is 24.3 Å². The highest BCUT2D eigenvalue weighted by Gasteiger charge is 2.17. The Kier molecular flexibility index (Phi) is 4.32. The lowest BCUT2D eigenvalue weighted by Gasteiger charge is -2.08. The Balaban J connectivity index is 2.37. The second-order valence-electron chi connectivity index (χ2n) is 3.77. The number of methoxy groups -OCH3 is 1. The first kappa shape index (κ1) is 14.4. The van der Waals surface area contributed by atoms with Gasteiger partial charge in [-0.2, -0.15) is 0 Å². The molecule has 2 rings (SSSR count). The monoisotopic (exact) mass is 313 g/mol. The van der Waals surface area contributed by atoms with Crippen LogP contribution in [0.2, 0.25) is 10.0 Å². The Bertz CT molecular complexity index is 661. The summed E-state index contributed by atoms with van der Waals surface area (Å²) in [7, 11) is 1.43. The van der Waals surface area contributed by atoms with E-state index >= 15 is 0 Å². The van der Waals surface area contributed by atoms with Crippen LogP contribution >= 0.6 is 23.2 Å². The molecule has 0 aliphatic rings. The molecular formula is C13H9Cl2NO4. The van der Waals surface area contributed by atoms with E-state index in [1.165, 1.54) is 25.3 Å². The number of ether oxygens (including phenoxy) is 2. The zero-order valence-electron chi connectivity index (χ0n) is 10.3. The molecule has 0 amide bonds. The minimum atomic E-state index is -0.546. The minimum Gasteiger partial charge on any atom is -0.496 e. The van der Waals surface area contributed by atoms with Crippen LogP contribution in [0.4, 0.5) is 5.69 Å². The molecule has 0 saturated heterocycles. The summed E-state index contributed by atoms with van der Waals surface area (Å²) in [6.45, 7) is 0. The van der Waals surface area contributed by atoms with Crippen LogP contribution in [0.1, 0.15) is 0 Å². The highest BCUT2D eigenvalue weighted by molar-refractivity contribution is 6.42. The third-order valence-electron chi connectivity index (χ3n) is 2.48. The molecule has 0 bridgehead atoms. The smallest absolute Gasteiger partial charge is 0.315 e. The average Bonchev–Trinajstić information content (AvgIpc) is 2.43. The van der Waals surface area contributed by atoms with Crippen LogP contribution < -0.4 is 9.47 Å². The second-order valence-corrected chi connectivity index (χ2v) is 4.58. The van der Waals surface area contributed by atoms with E-state index in [9.17, 15) is 10.1 Å². The van der Waals surface area contributed by atoms with E-state index in [0.717, 1.165) is 0 Å². The highest BCUT2D eigenvalue weighted by Crippen LogP contribution is 2.36. The third-order valence-corrected chi connectivity index (χ3v) is 3.22. The van der Waals surface area contributed by atoms with Gasteiger partial charge in [-0.25, -0.2) is 0 Å². The van der Waals surface area contributed by atoms with Crippen molar-refractivity contribution in [2.75, 3.05) is 7.11 Å². The van der Waals surface area contributed by atoms with Gasteiger partial charge in [0.1, 0.15) is 11.5 Å². The van der Waals surface area contributed by atoms with Crippen molar-refractivity contribution in [3.05, 3.63) is 56.6 Å². The first-order valence-electron chi connectivity index (χ1n) is 5.46. The number of rotatable bonds is 4. The van der Waals surface area contributed by atoms with E-state index in [1.807, 2.05) is 0 Å². The Labute approximate surface area is 124 Å². The van der Waals surface area contributed by atoms with Gasteiger partial charge in [0.25, 0.3) is 0 Å². The summed E-state index contributed by atoms with van der Waals surface area (Å²) < 4.78 is 10.4. The second kappa shape index (κ2) is 5.98. The summed E-state index contributed by atoms with van der Waals surface area (Å²) in [6, 6.07) is 8.92. The van der Waals surface area contributed by atoms with Gasteiger partial charge in [-0.1, -0.05) is 23.2 Å². The number of nitro benzene ring substituents is 1. The Morgan fingerprint density at radius 3 is 2.35 bits per heavy atom. The molecule has 0 atom stereocenters. The van der Waals surface area contributed by atoms with Crippen LogP contribution in [0.25, 0.3) is 0 Å². The maximum Gasteiger partial charge on any atom is 0.315 e. The zero-order valence-corrected chi connectivity index (χ0v) is 11.8. The van der Waals surface area contributed by atoms with E-state index in [2.05, 4.69) is 0 Å². The van der Waals surface area contributed by atoms with Gasteiger partial charge in [-0.3, -0.25) is 10.1 Å². The molecular weight excluding hydrogens is 305 g/mol. The molecule has 0 N–H and O–H groups in total. The molecule has 7 heteroatoms. The van der Waals surface area contributed by atoms with E-state index in [4.69, 9.17) is 32.7 Å². The molecule has 0 aliphatic heterocycles. The fourth-order valence-electron chi connectivity index (χ4n) is 1.52. The van der Waals surface area contributed by atoms with Crippen LogP contribution in [0.5, 0.6) is 17.2 Å². The average molecular weight is 314 g/mol. The van der Waals surface area contributed by atoms with Crippen LogP contribution in [0.3, 0.4) is 0 Å². The molecule has 2 aromatic carbocycles. The van der Waals surface area contributed by atoms with Crippen molar-refractivity contribution in [2.45, 2.75) is 0 Å². The van der Waals surface area contributed by atoms with Gasteiger partial charge in [0.05, 0.1) is 28.1 Å². The molecule has 0 aliphatic carbocycles. The van der Waals surface area contributed by atoms with E-state index < -0.39 is 4.92 Å². The van der Waals surface area contributed by atoms with Crippen molar-refractivity contribution < 1.29 is 14.4 Å². The van der Waals surface area contributed by atoms with Crippen molar-refractivity contribution in [1.29, 1.82) is 0 Å². The lowest BCUT2D eigenvalue weighted by molar-refractivity contribution is -0.385. The quantitative estimate of drug-likeness (QED) is 0.606. The molecule has 0 saturated carbocycles. The molecule has 5 nitrogen and oxygen atoms in total. The fraction of sp³-hybridized carbons (Fsp3) is 0.0769. The summed E-state index contributed by atoms with van der Waals surface area (Å²) in [4.78, 5) is 10.5. The van der Waals surface area contributed by atoms with Gasteiger partial charge in [0, 0.05) is 6.07 Å². The molecule has 0 radical (unpaired) electrons. The van der Waals surface area contributed by atoms with Crippen LogP contribution in [-0.2, 0) is 0 Å². The predicted molar refractivity (Wildman–Crippen MR) is 76.2 cm³/mol. The molecule has 0 heterocycles. The molecule has 0 aromatic heterocycles. The number of halogens is 2. The summed E-state index contributed by atoms with van der Waals surface area (Å²) >= 11 is 11.7. The van der Waals surface area contributed by atoms with Crippen molar-refractivity contribution in [3.63, 3.8) is 0 Å². The summed E-state index contributed by atoms with van der Waals surface area (Å²) in [5.74, 6) is 0.819. The third kappa shape index (κ3) is 3.12. The lowest BCUT2D eigenvalue weighted by Crippen LogP contribution is -1.94. The van der Waals surface area contributed by atoms with Crippen molar-refractivity contribution in [3.8, 4) is 17.2 Å². The van der Waals surface area contributed by atoms with Gasteiger partial charge < -0.3 is 9.47 Å². The molecule has 0 unspecified atom stereocenters. The molecule has 104 valence electrons. The standard InChI is InChI=1S/C13H9Cl2NO4/c1-19-8-3-5-13(12(7-8)16(17)18)20-9-2-4-10(14)11(15)6-9/h2-7H,1H3. The van der Waals surface area contributed by atoms with Crippen molar-refractivity contribution in [2.24, 2.45) is 0 Å². The van der Waals surface area contributed by atoms with Gasteiger partial charge in [0.15, 0.2) is 0 Å². The Hall–Kier alpha value is -1.98. The van der Waals surface area contributed by atoms with Gasteiger partial charge in [-0.15, -0.1) is 0 Å². The normalized spacial score (nSPS) is 10.2. The lowest BCUT2D eigenvalue weighted by atomic mass is 10.2. The van der Waals surface area contributed by atoms with Gasteiger partial charge >= 0.3 is 5.69 Å². The fourth-order valence-corrected chi connectivity index (χ4v) is 1.81. The van der Waals surface area contributed by atoms with Crippen LogP contribution in [0.15, 0.2) is 36.4 Å². The first-order valence-corrected chi connectivity index (χ1v) is 6.22. The Morgan fingerprint density at radius 1 is 1.05 bits per heavy atom. The number of nitrogens with zero attached hydrogens (tertiary/aromatic N) is 1. The van der Waals surface area contributed by atoms with Crippen LogP contribution in [0, 0.1) is 10.1 Å². The van der Waals surface area contributed by atoms with Crippen LogP contribution in [-0.4, -0.2) is 12.0 Å². The largest absolute Gasteiger partial charge is 0.496 e. The predicted octanol–water partition coefficient (Wildman–Crippen LogP) is 4.70.